The molecular formula is C10H6ClF3N2O3. The van der Waals surface area contributed by atoms with Crippen molar-refractivity contribution in [3.63, 3.8) is 0 Å². The number of hydrogen-bond acceptors (Lipinski definition) is 3. The summed E-state index contributed by atoms with van der Waals surface area (Å²) in [6, 6.07) is 2.31. The van der Waals surface area contributed by atoms with Gasteiger partial charge in [0, 0.05) is 6.07 Å². The zero-order chi connectivity index (χ0) is 14.2. The van der Waals surface area contributed by atoms with Crippen molar-refractivity contribution in [2.24, 2.45) is 0 Å². The minimum Gasteiger partial charge on any atom is -0.482 e. The highest BCUT2D eigenvalue weighted by molar-refractivity contribution is 6.34. The molecular weight excluding hydrogens is 289 g/mol. The van der Waals surface area contributed by atoms with Gasteiger partial charge < -0.3 is 15.4 Å². The van der Waals surface area contributed by atoms with Gasteiger partial charge >= 0.3 is 12.1 Å². The molecule has 2 rings (SSSR count). The van der Waals surface area contributed by atoms with E-state index in [0.717, 1.165) is 6.07 Å². The van der Waals surface area contributed by atoms with E-state index in [-0.39, 0.29) is 28.8 Å². The molecule has 1 aliphatic heterocycles. The zero-order valence-electron chi connectivity index (χ0n) is 9.10. The second-order valence-corrected chi connectivity index (χ2v) is 4.02. The fourth-order valence-corrected chi connectivity index (χ4v) is 1.60. The number of ether oxygens (including phenoxy) is 1. The van der Waals surface area contributed by atoms with Crippen LogP contribution in [0.5, 0.6) is 5.75 Å². The molecule has 102 valence electrons. The highest BCUT2D eigenvalue weighted by Gasteiger charge is 2.39. The topological polar surface area (TPSA) is 67.4 Å². The van der Waals surface area contributed by atoms with Crippen LogP contribution in [0.15, 0.2) is 12.1 Å². The summed E-state index contributed by atoms with van der Waals surface area (Å²) < 4.78 is 41.3. The summed E-state index contributed by atoms with van der Waals surface area (Å²) in [4.78, 5) is 21.8. The third-order valence-corrected chi connectivity index (χ3v) is 2.52. The third-order valence-electron chi connectivity index (χ3n) is 2.21. The number of anilines is 2. The number of fused-ring (bicyclic) bond motifs is 1. The van der Waals surface area contributed by atoms with Gasteiger partial charge in [0.05, 0.1) is 16.4 Å². The van der Waals surface area contributed by atoms with E-state index in [2.05, 4.69) is 5.32 Å². The van der Waals surface area contributed by atoms with E-state index in [4.69, 9.17) is 16.3 Å². The molecule has 9 heteroatoms. The summed E-state index contributed by atoms with van der Waals surface area (Å²) in [6.45, 7) is -0.263. The molecule has 5 nitrogen and oxygen atoms in total. The first-order chi connectivity index (χ1) is 8.77. The predicted molar refractivity (Wildman–Crippen MR) is 60.3 cm³/mol. The van der Waals surface area contributed by atoms with Crippen molar-refractivity contribution in [1.82, 2.24) is 0 Å². The maximum atomic E-state index is 12.1. The highest BCUT2D eigenvalue weighted by Crippen LogP contribution is 2.36. The van der Waals surface area contributed by atoms with Crippen molar-refractivity contribution < 1.29 is 27.5 Å². The van der Waals surface area contributed by atoms with Crippen LogP contribution in [0.25, 0.3) is 0 Å². The average Bonchev–Trinajstić information content (AvgIpc) is 2.29. The molecule has 0 fully saturated rings. The monoisotopic (exact) mass is 294 g/mol. The molecule has 0 saturated heterocycles. The van der Waals surface area contributed by atoms with Crippen LogP contribution in [0, 0.1) is 0 Å². The van der Waals surface area contributed by atoms with Crippen LogP contribution in [0.3, 0.4) is 0 Å². The van der Waals surface area contributed by atoms with E-state index >= 15 is 0 Å². The lowest BCUT2D eigenvalue weighted by atomic mass is 10.2. The van der Waals surface area contributed by atoms with Crippen molar-refractivity contribution in [3.8, 4) is 5.75 Å². The van der Waals surface area contributed by atoms with Crippen LogP contribution in [-0.2, 0) is 9.59 Å². The van der Waals surface area contributed by atoms with Crippen molar-refractivity contribution >= 4 is 34.8 Å². The number of carbonyl (C=O) groups excluding carboxylic acids is 2. The number of rotatable bonds is 1. The molecule has 19 heavy (non-hydrogen) atoms. The van der Waals surface area contributed by atoms with Crippen molar-refractivity contribution in [2.45, 2.75) is 6.18 Å². The SMILES string of the molecule is O=C1COc2cc(NC(=O)C(F)(F)F)c(Cl)cc2N1. The van der Waals surface area contributed by atoms with E-state index < -0.39 is 18.0 Å². The van der Waals surface area contributed by atoms with Gasteiger partial charge in [-0.2, -0.15) is 13.2 Å². The van der Waals surface area contributed by atoms with Gasteiger partial charge in [0.2, 0.25) is 0 Å². The van der Waals surface area contributed by atoms with Crippen molar-refractivity contribution in [3.05, 3.63) is 17.2 Å². The number of amides is 2. The quantitative estimate of drug-likeness (QED) is 0.834. The minimum absolute atomic E-state index is 0.126. The third kappa shape index (κ3) is 2.90. The zero-order valence-corrected chi connectivity index (χ0v) is 9.85. The van der Waals surface area contributed by atoms with Crippen molar-refractivity contribution in [1.29, 1.82) is 0 Å². The van der Waals surface area contributed by atoms with E-state index in [1.54, 1.807) is 5.32 Å². The maximum Gasteiger partial charge on any atom is 0.471 e. The molecule has 0 saturated carbocycles. The molecule has 1 heterocycles. The lowest BCUT2D eigenvalue weighted by Crippen LogP contribution is -2.30. The summed E-state index contributed by atoms with van der Waals surface area (Å²) >= 11 is 5.71. The molecule has 2 N–H and O–H groups in total. The first kappa shape index (κ1) is 13.5. The molecule has 0 aliphatic carbocycles. The Kier molecular flexibility index (Phi) is 3.27. The first-order valence-corrected chi connectivity index (χ1v) is 5.29. The predicted octanol–water partition coefficient (Wildman–Crippen LogP) is 2.17. The van der Waals surface area contributed by atoms with Gasteiger partial charge in [-0.3, -0.25) is 9.59 Å². The lowest BCUT2D eigenvalue weighted by molar-refractivity contribution is -0.167. The second-order valence-electron chi connectivity index (χ2n) is 3.62. The van der Waals surface area contributed by atoms with Gasteiger partial charge in [0.25, 0.3) is 5.91 Å². The molecule has 0 spiro atoms. The Morgan fingerprint density at radius 3 is 2.74 bits per heavy atom. The molecule has 1 aromatic rings. The Labute approximate surface area is 109 Å². The highest BCUT2D eigenvalue weighted by atomic mass is 35.5. The fourth-order valence-electron chi connectivity index (χ4n) is 1.39. The van der Waals surface area contributed by atoms with Gasteiger partial charge in [-0.1, -0.05) is 11.6 Å². The average molecular weight is 295 g/mol. The number of benzene rings is 1. The standard InChI is InChI=1S/C10H6ClF3N2O3/c11-4-1-6-7(19-3-8(17)15-6)2-5(4)16-9(18)10(12,13)14/h1-2H,3H2,(H,15,17)(H,16,18). The summed E-state index contributed by atoms with van der Waals surface area (Å²) in [6.07, 6.45) is -5.02. The summed E-state index contributed by atoms with van der Waals surface area (Å²) in [5.41, 5.74) is -0.0230. The first-order valence-electron chi connectivity index (χ1n) is 4.92. The van der Waals surface area contributed by atoms with E-state index in [1.807, 2.05) is 0 Å². The van der Waals surface area contributed by atoms with E-state index in [0.29, 0.717) is 0 Å². The van der Waals surface area contributed by atoms with Gasteiger partial charge in [-0.15, -0.1) is 0 Å². The largest absolute Gasteiger partial charge is 0.482 e. The Bertz CT molecular complexity index is 560. The molecule has 0 aromatic heterocycles. The van der Waals surface area contributed by atoms with Crippen LogP contribution < -0.4 is 15.4 Å². The summed E-state index contributed by atoms with van der Waals surface area (Å²) in [5.74, 6) is -2.42. The molecule has 0 unspecified atom stereocenters. The van der Waals surface area contributed by atoms with Crippen LogP contribution in [0.2, 0.25) is 5.02 Å². The lowest BCUT2D eigenvalue weighted by Gasteiger charge is -2.19. The smallest absolute Gasteiger partial charge is 0.471 e. The van der Waals surface area contributed by atoms with E-state index in [1.165, 1.54) is 6.07 Å². The van der Waals surface area contributed by atoms with Crippen LogP contribution in [0.4, 0.5) is 24.5 Å². The normalized spacial score (nSPS) is 14.2. The minimum atomic E-state index is -5.02. The molecule has 1 aliphatic rings. The molecule has 2 amide bonds. The second kappa shape index (κ2) is 4.61. The molecule has 0 radical (unpaired) electrons. The van der Waals surface area contributed by atoms with Crippen molar-refractivity contribution in [2.75, 3.05) is 17.2 Å². The number of carbonyl (C=O) groups is 2. The van der Waals surface area contributed by atoms with Gasteiger partial charge in [-0.05, 0) is 6.07 Å². The molecule has 0 atom stereocenters. The molecule has 0 bridgehead atoms. The van der Waals surface area contributed by atoms with Crippen LogP contribution >= 0.6 is 11.6 Å². The summed E-state index contributed by atoms with van der Waals surface area (Å²) in [5, 5.41) is 3.90. The van der Waals surface area contributed by atoms with Crippen LogP contribution in [-0.4, -0.2) is 24.6 Å². The van der Waals surface area contributed by atoms with Gasteiger partial charge in [-0.25, -0.2) is 0 Å². The summed E-state index contributed by atoms with van der Waals surface area (Å²) in [7, 11) is 0. The fraction of sp³-hybridized carbons (Fsp3) is 0.200. The van der Waals surface area contributed by atoms with Crippen LogP contribution in [0.1, 0.15) is 0 Å². The Morgan fingerprint density at radius 1 is 1.42 bits per heavy atom. The van der Waals surface area contributed by atoms with E-state index in [9.17, 15) is 22.8 Å². The number of halogens is 4. The number of alkyl halides is 3. The Balaban J connectivity index is 2.28. The van der Waals surface area contributed by atoms with Gasteiger partial charge in [0.15, 0.2) is 6.61 Å². The number of nitrogens with one attached hydrogen (secondary N) is 2. The Hall–Kier alpha value is -1.96. The Morgan fingerprint density at radius 2 is 2.11 bits per heavy atom. The maximum absolute atomic E-state index is 12.1. The molecule has 1 aromatic carbocycles. The van der Waals surface area contributed by atoms with Gasteiger partial charge in [0.1, 0.15) is 5.75 Å². The number of hydrogen-bond donors (Lipinski definition) is 2.